The van der Waals surface area contributed by atoms with Gasteiger partial charge in [0.15, 0.2) is 17.6 Å². The molecule has 0 spiro atoms. The zero-order valence-corrected chi connectivity index (χ0v) is 15.0. The van der Waals surface area contributed by atoms with Crippen LogP contribution >= 0.6 is 34.4 Å². The predicted octanol–water partition coefficient (Wildman–Crippen LogP) is 4.79. The van der Waals surface area contributed by atoms with Gasteiger partial charge in [-0.2, -0.15) is 0 Å². The molecule has 0 radical (unpaired) electrons. The molecule has 0 saturated heterocycles. The Kier molecular flexibility index (Phi) is 4.55. The van der Waals surface area contributed by atoms with Gasteiger partial charge in [-0.3, -0.25) is 4.79 Å². The zero-order valence-electron chi connectivity index (χ0n) is 12.5. The summed E-state index contributed by atoms with van der Waals surface area (Å²) in [5.74, 6) is 2.14. The number of hydrogen-bond donors (Lipinski definition) is 0. The number of rotatable bonds is 4. The number of aromatic nitrogens is 1. The SMILES string of the molecule is O=C(SCc1cccs1)c1csc([C@@H]2COc3ccccc3O2)n1. The second-order valence-corrected chi connectivity index (χ2v) is 7.96. The number of carbonyl (C=O) groups excluding carboxylic acids is 1. The van der Waals surface area contributed by atoms with Crippen LogP contribution in [0.2, 0.25) is 0 Å². The van der Waals surface area contributed by atoms with Crippen molar-refractivity contribution in [2.45, 2.75) is 11.9 Å². The molecule has 1 aromatic carbocycles. The highest BCUT2D eigenvalue weighted by Gasteiger charge is 2.26. The molecular formula is C17H13NO3S3. The number of nitrogens with zero attached hydrogens (tertiary/aromatic N) is 1. The van der Waals surface area contributed by atoms with E-state index in [-0.39, 0.29) is 11.2 Å². The van der Waals surface area contributed by atoms with Gasteiger partial charge in [0.25, 0.3) is 0 Å². The Labute approximate surface area is 151 Å². The van der Waals surface area contributed by atoms with Gasteiger partial charge in [0, 0.05) is 16.0 Å². The van der Waals surface area contributed by atoms with Crippen LogP contribution in [-0.4, -0.2) is 16.7 Å². The van der Waals surface area contributed by atoms with Gasteiger partial charge in [-0.1, -0.05) is 30.0 Å². The minimum absolute atomic E-state index is 0.0111. The first-order valence-electron chi connectivity index (χ1n) is 7.33. The van der Waals surface area contributed by atoms with Crippen LogP contribution in [0.4, 0.5) is 0 Å². The summed E-state index contributed by atoms with van der Waals surface area (Å²) in [4.78, 5) is 17.9. The monoisotopic (exact) mass is 375 g/mol. The Balaban J connectivity index is 1.42. The summed E-state index contributed by atoms with van der Waals surface area (Å²) >= 11 is 4.37. The van der Waals surface area contributed by atoms with Crippen LogP contribution in [0.5, 0.6) is 11.5 Å². The molecule has 2 aromatic heterocycles. The summed E-state index contributed by atoms with van der Waals surface area (Å²) in [7, 11) is 0. The first-order valence-corrected chi connectivity index (χ1v) is 10.1. The summed E-state index contributed by atoms with van der Waals surface area (Å²) in [6, 6.07) is 11.6. The van der Waals surface area contributed by atoms with E-state index >= 15 is 0 Å². The van der Waals surface area contributed by atoms with Crippen LogP contribution in [0.15, 0.2) is 47.2 Å². The molecule has 4 rings (SSSR count). The molecule has 7 heteroatoms. The first-order chi connectivity index (χ1) is 11.8. The third kappa shape index (κ3) is 3.33. The molecule has 24 heavy (non-hydrogen) atoms. The lowest BCUT2D eigenvalue weighted by molar-refractivity contribution is 0.0908. The van der Waals surface area contributed by atoms with E-state index in [2.05, 4.69) is 4.98 Å². The number of thiazole rings is 1. The molecule has 0 bridgehead atoms. The highest BCUT2D eigenvalue weighted by molar-refractivity contribution is 8.13. The van der Waals surface area contributed by atoms with E-state index in [1.54, 1.807) is 16.7 Å². The maximum atomic E-state index is 12.3. The Bertz CT molecular complexity index is 844. The molecule has 122 valence electrons. The highest BCUT2D eigenvalue weighted by Crippen LogP contribution is 2.36. The number of carbonyl (C=O) groups is 1. The zero-order chi connectivity index (χ0) is 16.4. The smallest absolute Gasteiger partial charge is 0.238 e. The van der Waals surface area contributed by atoms with Crippen molar-refractivity contribution in [2.24, 2.45) is 0 Å². The number of thioether (sulfide) groups is 1. The lowest BCUT2D eigenvalue weighted by Gasteiger charge is -2.24. The number of ether oxygens (including phenoxy) is 2. The molecule has 3 heterocycles. The summed E-state index contributed by atoms with van der Waals surface area (Å²) < 4.78 is 11.6. The maximum absolute atomic E-state index is 12.3. The third-order valence-corrected chi connectivity index (χ3v) is 6.36. The van der Waals surface area contributed by atoms with Crippen molar-refractivity contribution in [3.05, 3.63) is 62.7 Å². The van der Waals surface area contributed by atoms with E-state index in [9.17, 15) is 4.79 Å². The van der Waals surface area contributed by atoms with E-state index in [0.29, 0.717) is 23.8 Å². The summed E-state index contributed by atoms with van der Waals surface area (Å²) in [6.45, 7) is 0.403. The molecule has 4 nitrogen and oxygen atoms in total. The number of thiophene rings is 1. The fraction of sp³-hybridized carbons (Fsp3) is 0.176. The number of benzene rings is 1. The van der Waals surface area contributed by atoms with Gasteiger partial charge in [-0.25, -0.2) is 4.98 Å². The lowest BCUT2D eigenvalue weighted by atomic mass is 10.2. The summed E-state index contributed by atoms with van der Waals surface area (Å²) in [5.41, 5.74) is 0.485. The van der Waals surface area contributed by atoms with Crippen molar-refractivity contribution in [3.63, 3.8) is 0 Å². The van der Waals surface area contributed by atoms with Gasteiger partial charge in [0.1, 0.15) is 17.3 Å². The molecule has 0 N–H and O–H groups in total. The van der Waals surface area contributed by atoms with Crippen LogP contribution in [-0.2, 0) is 5.75 Å². The number of para-hydroxylation sites is 2. The van der Waals surface area contributed by atoms with Crippen molar-refractivity contribution < 1.29 is 14.3 Å². The predicted molar refractivity (Wildman–Crippen MR) is 97.4 cm³/mol. The molecule has 0 saturated carbocycles. The average molecular weight is 375 g/mol. The summed E-state index contributed by atoms with van der Waals surface area (Å²) in [6.07, 6.45) is -0.270. The number of fused-ring (bicyclic) bond motifs is 1. The normalized spacial score (nSPS) is 16.1. The van der Waals surface area contributed by atoms with E-state index in [4.69, 9.17) is 9.47 Å². The van der Waals surface area contributed by atoms with E-state index in [1.807, 2.05) is 41.8 Å². The van der Waals surface area contributed by atoms with Crippen LogP contribution < -0.4 is 9.47 Å². The minimum atomic E-state index is -0.270. The van der Waals surface area contributed by atoms with Crippen LogP contribution in [0, 0.1) is 0 Å². The van der Waals surface area contributed by atoms with Crippen molar-refractivity contribution in [3.8, 4) is 11.5 Å². The van der Waals surface area contributed by atoms with Gasteiger partial charge in [0.05, 0.1) is 0 Å². The molecule has 0 fully saturated rings. The van der Waals surface area contributed by atoms with Crippen LogP contribution in [0.3, 0.4) is 0 Å². The van der Waals surface area contributed by atoms with Gasteiger partial charge in [-0.15, -0.1) is 22.7 Å². The highest BCUT2D eigenvalue weighted by atomic mass is 32.2. The second-order valence-electron chi connectivity index (χ2n) is 5.09. The van der Waals surface area contributed by atoms with Gasteiger partial charge < -0.3 is 9.47 Å². The molecular weight excluding hydrogens is 362 g/mol. The fourth-order valence-corrected chi connectivity index (χ4v) is 4.72. The topological polar surface area (TPSA) is 48.4 Å². The van der Waals surface area contributed by atoms with Crippen molar-refractivity contribution in [1.82, 2.24) is 4.98 Å². The van der Waals surface area contributed by atoms with Crippen LogP contribution in [0.1, 0.15) is 26.5 Å². The van der Waals surface area contributed by atoms with Crippen molar-refractivity contribution in [1.29, 1.82) is 0 Å². The van der Waals surface area contributed by atoms with Crippen LogP contribution in [0.25, 0.3) is 0 Å². The Hall–Kier alpha value is -1.83. The molecule has 1 aliphatic heterocycles. The van der Waals surface area contributed by atoms with Crippen molar-refractivity contribution >= 4 is 39.6 Å². The van der Waals surface area contributed by atoms with Gasteiger partial charge in [0.2, 0.25) is 5.12 Å². The Morgan fingerprint density at radius 3 is 2.92 bits per heavy atom. The molecule has 1 atom stereocenters. The molecule has 0 unspecified atom stereocenters. The quantitative estimate of drug-likeness (QED) is 0.656. The second kappa shape index (κ2) is 6.96. The summed E-state index contributed by atoms with van der Waals surface area (Å²) in [5, 5.41) is 4.57. The molecule has 3 aromatic rings. The largest absolute Gasteiger partial charge is 0.485 e. The van der Waals surface area contributed by atoms with Crippen molar-refractivity contribution in [2.75, 3.05) is 6.61 Å². The van der Waals surface area contributed by atoms with Gasteiger partial charge >= 0.3 is 0 Å². The third-order valence-electron chi connectivity index (χ3n) is 3.44. The first kappa shape index (κ1) is 15.7. The molecule has 1 aliphatic rings. The Morgan fingerprint density at radius 2 is 2.08 bits per heavy atom. The number of hydrogen-bond acceptors (Lipinski definition) is 7. The Morgan fingerprint density at radius 1 is 1.21 bits per heavy atom. The molecule has 0 amide bonds. The van der Waals surface area contributed by atoms with E-state index < -0.39 is 0 Å². The van der Waals surface area contributed by atoms with E-state index in [0.717, 1.165) is 10.8 Å². The fourth-order valence-electron chi connectivity index (χ4n) is 2.28. The lowest BCUT2D eigenvalue weighted by Crippen LogP contribution is -2.21. The van der Waals surface area contributed by atoms with E-state index in [1.165, 1.54) is 28.0 Å². The molecule has 0 aliphatic carbocycles. The minimum Gasteiger partial charge on any atom is -0.485 e. The van der Waals surface area contributed by atoms with Gasteiger partial charge in [-0.05, 0) is 23.6 Å². The average Bonchev–Trinajstić information content (AvgIpc) is 3.31. The standard InChI is InChI=1S/C17H13NO3S3/c19-17(24-9-11-4-3-7-22-11)12-10-23-16(18-12)15-8-20-13-5-1-2-6-14(13)21-15/h1-7,10,15H,8-9H2/t15-/m0/s1. The maximum Gasteiger partial charge on any atom is 0.238 e.